The number of aliphatic hydroxyl groups is 1. The summed E-state index contributed by atoms with van der Waals surface area (Å²) in [5.74, 6) is -2.42. The molecule has 32 heavy (non-hydrogen) atoms. The molecule has 0 spiro atoms. The number of carbonyl (C=O) groups excluding carboxylic acids is 1. The number of esters is 1. The molecular formula is C23H24F3N3O3. The van der Waals surface area contributed by atoms with Crippen LogP contribution >= 0.6 is 0 Å². The number of aromatic nitrogens is 1. The Kier molecular flexibility index (Phi) is 6.38. The Morgan fingerprint density at radius 1 is 1.16 bits per heavy atom. The van der Waals surface area contributed by atoms with Gasteiger partial charge in [0.25, 0.3) is 0 Å². The van der Waals surface area contributed by atoms with Crippen molar-refractivity contribution in [2.45, 2.75) is 37.9 Å². The van der Waals surface area contributed by atoms with Gasteiger partial charge in [-0.2, -0.15) is 13.2 Å². The monoisotopic (exact) mass is 447 g/mol. The number of nitrogens with one attached hydrogen (secondary N) is 2. The summed E-state index contributed by atoms with van der Waals surface area (Å²) in [6.45, 7) is 2.30. The topological polar surface area (TPSA) is 77.6 Å². The fraction of sp³-hybridized carbons (Fsp3) is 0.348. The molecule has 2 heterocycles. The number of ether oxygens (including phenoxy) is 1. The normalized spacial score (nSPS) is 16.1. The number of fused-ring (bicyclic) bond motifs is 1. The van der Waals surface area contributed by atoms with Crippen LogP contribution in [-0.2, 0) is 16.1 Å². The molecule has 3 aromatic rings. The molecule has 1 aliphatic heterocycles. The Labute approximate surface area is 183 Å². The zero-order valence-electron chi connectivity index (χ0n) is 17.2. The van der Waals surface area contributed by atoms with E-state index in [1.807, 2.05) is 30.5 Å². The first-order chi connectivity index (χ1) is 15.3. The third-order valence-corrected chi connectivity index (χ3v) is 5.66. The molecular weight excluding hydrogens is 423 g/mol. The highest BCUT2D eigenvalue weighted by molar-refractivity contribution is 5.83. The van der Waals surface area contributed by atoms with Crippen LogP contribution in [0.3, 0.4) is 0 Å². The van der Waals surface area contributed by atoms with Gasteiger partial charge in [0, 0.05) is 40.9 Å². The molecule has 1 fully saturated rings. The Balaban J connectivity index is 1.58. The molecule has 9 heteroatoms. The fourth-order valence-corrected chi connectivity index (χ4v) is 4.05. The summed E-state index contributed by atoms with van der Waals surface area (Å²) >= 11 is 0. The van der Waals surface area contributed by atoms with E-state index in [9.17, 15) is 23.1 Å². The molecule has 2 aromatic carbocycles. The first-order valence-electron chi connectivity index (χ1n) is 10.4. The number of halogens is 3. The second-order valence-electron chi connectivity index (χ2n) is 7.86. The Hall–Kier alpha value is -3.04. The first-order valence-corrected chi connectivity index (χ1v) is 10.4. The van der Waals surface area contributed by atoms with Crippen molar-refractivity contribution in [3.05, 3.63) is 65.9 Å². The van der Waals surface area contributed by atoms with Crippen molar-refractivity contribution in [1.29, 1.82) is 0 Å². The van der Waals surface area contributed by atoms with E-state index in [-0.39, 0.29) is 11.6 Å². The van der Waals surface area contributed by atoms with Gasteiger partial charge in [0.15, 0.2) is 0 Å². The van der Waals surface area contributed by atoms with Crippen LogP contribution in [0.25, 0.3) is 10.9 Å². The number of anilines is 1. The van der Waals surface area contributed by atoms with Crippen molar-refractivity contribution in [2.75, 3.05) is 18.0 Å². The van der Waals surface area contributed by atoms with Crippen LogP contribution in [0.4, 0.5) is 18.9 Å². The molecule has 6 nitrogen and oxygen atoms in total. The number of piperidine rings is 1. The van der Waals surface area contributed by atoms with Crippen LogP contribution in [0.2, 0.25) is 0 Å². The lowest BCUT2D eigenvalue weighted by Gasteiger charge is -2.37. The van der Waals surface area contributed by atoms with Crippen molar-refractivity contribution in [3.63, 3.8) is 0 Å². The number of aromatic amines is 1. The average Bonchev–Trinajstić information content (AvgIpc) is 3.25. The maximum Gasteiger partial charge on any atom is 0.491 e. The highest BCUT2D eigenvalue weighted by Gasteiger charge is 2.42. The Bertz CT molecular complexity index is 1080. The van der Waals surface area contributed by atoms with Crippen LogP contribution in [0.5, 0.6) is 0 Å². The van der Waals surface area contributed by atoms with Crippen molar-refractivity contribution in [3.8, 4) is 0 Å². The minimum atomic E-state index is -5.17. The van der Waals surface area contributed by atoms with Gasteiger partial charge in [-0.1, -0.05) is 18.2 Å². The second kappa shape index (κ2) is 9.22. The molecule has 1 aromatic heterocycles. The number of H-pyrrole nitrogens is 1. The number of rotatable bonds is 6. The summed E-state index contributed by atoms with van der Waals surface area (Å²) in [7, 11) is 0. The average molecular weight is 447 g/mol. The molecule has 0 amide bonds. The number of hydrogen-bond donors (Lipinski definition) is 3. The Morgan fingerprint density at radius 3 is 2.69 bits per heavy atom. The summed E-state index contributed by atoms with van der Waals surface area (Å²) in [6.07, 6.45) is -3.36. The van der Waals surface area contributed by atoms with Gasteiger partial charge in [0.1, 0.15) is 0 Å². The van der Waals surface area contributed by atoms with Gasteiger partial charge in [-0.05, 0) is 61.8 Å². The van der Waals surface area contributed by atoms with E-state index in [0.717, 1.165) is 48.1 Å². The van der Waals surface area contributed by atoms with E-state index in [1.54, 1.807) is 12.1 Å². The number of benzene rings is 2. The van der Waals surface area contributed by atoms with Crippen LogP contribution in [-0.4, -0.2) is 41.4 Å². The van der Waals surface area contributed by atoms with Gasteiger partial charge in [-0.15, -0.1) is 0 Å². The van der Waals surface area contributed by atoms with Crippen LogP contribution < -0.4 is 10.2 Å². The van der Waals surface area contributed by atoms with E-state index in [4.69, 9.17) is 0 Å². The molecule has 1 saturated heterocycles. The third kappa shape index (κ3) is 5.05. The molecule has 0 saturated carbocycles. The number of hydrogen-bond acceptors (Lipinski definition) is 5. The minimum Gasteiger partial charge on any atom is -0.425 e. The number of aliphatic hydroxyl groups excluding tert-OH is 1. The number of alkyl halides is 3. The van der Waals surface area contributed by atoms with E-state index >= 15 is 0 Å². The quantitative estimate of drug-likeness (QED) is 0.393. The standard InChI is InChI=1S/C23H24F3N3O3/c24-23(25,26)22(31)32-21(30)17-3-1-2-15(12-17)14-29(18-7-9-27-10-8-18)19-4-5-20-16(13-19)6-11-28-20/h1-6,11-13,18,21,27-28,30H,7-10,14H2. The summed E-state index contributed by atoms with van der Waals surface area (Å²) in [5, 5.41) is 14.5. The van der Waals surface area contributed by atoms with Gasteiger partial charge in [-0.3, -0.25) is 0 Å². The molecule has 1 unspecified atom stereocenters. The van der Waals surface area contributed by atoms with Gasteiger partial charge in [0.05, 0.1) is 0 Å². The fourth-order valence-electron chi connectivity index (χ4n) is 4.05. The van der Waals surface area contributed by atoms with Crippen molar-refractivity contribution < 1.29 is 27.8 Å². The summed E-state index contributed by atoms with van der Waals surface area (Å²) in [4.78, 5) is 16.5. The maximum absolute atomic E-state index is 12.5. The van der Waals surface area contributed by atoms with Crippen LogP contribution in [0.1, 0.15) is 30.3 Å². The lowest BCUT2D eigenvalue weighted by atomic mass is 10.0. The maximum atomic E-state index is 12.5. The van der Waals surface area contributed by atoms with E-state index in [2.05, 4.69) is 26.0 Å². The van der Waals surface area contributed by atoms with Gasteiger partial charge >= 0.3 is 12.1 Å². The number of nitrogens with zero attached hydrogens (tertiary/aromatic N) is 1. The number of carbonyl (C=O) groups is 1. The minimum absolute atomic E-state index is 0.0893. The van der Waals surface area contributed by atoms with Gasteiger partial charge in [0.2, 0.25) is 6.29 Å². The summed E-state index contributed by atoms with van der Waals surface area (Å²) < 4.78 is 41.5. The molecule has 0 bridgehead atoms. The highest BCUT2D eigenvalue weighted by atomic mass is 19.4. The molecule has 170 valence electrons. The van der Waals surface area contributed by atoms with Gasteiger partial charge < -0.3 is 25.0 Å². The first kappa shape index (κ1) is 22.2. The zero-order valence-corrected chi connectivity index (χ0v) is 17.2. The second-order valence-corrected chi connectivity index (χ2v) is 7.86. The molecule has 4 rings (SSSR count). The lowest BCUT2D eigenvalue weighted by molar-refractivity contribution is -0.220. The molecule has 0 aliphatic carbocycles. The smallest absolute Gasteiger partial charge is 0.425 e. The predicted molar refractivity (Wildman–Crippen MR) is 114 cm³/mol. The van der Waals surface area contributed by atoms with Crippen molar-refractivity contribution in [1.82, 2.24) is 10.3 Å². The Morgan fingerprint density at radius 2 is 1.94 bits per heavy atom. The predicted octanol–water partition coefficient (Wildman–Crippen LogP) is 4.02. The molecule has 1 atom stereocenters. The van der Waals surface area contributed by atoms with E-state index < -0.39 is 18.4 Å². The highest BCUT2D eigenvalue weighted by Crippen LogP contribution is 2.29. The zero-order chi connectivity index (χ0) is 22.7. The van der Waals surface area contributed by atoms with Crippen LogP contribution in [0.15, 0.2) is 54.7 Å². The van der Waals surface area contributed by atoms with Gasteiger partial charge in [-0.25, -0.2) is 4.79 Å². The molecule has 0 radical (unpaired) electrons. The van der Waals surface area contributed by atoms with Crippen molar-refractivity contribution in [2.24, 2.45) is 0 Å². The molecule has 3 N–H and O–H groups in total. The van der Waals surface area contributed by atoms with E-state index in [0.29, 0.717) is 6.54 Å². The van der Waals surface area contributed by atoms with Crippen molar-refractivity contribution >= 4 is 22.6 Å². The van der Waals surface area contributed by atoms with Crippen LogP contribution in [0, 0.1) is 0 Å². The summed E-state index contributed by atoms with van der Waals surface area (Å²) in [5.41, 5.74) is 2.96. The largest absolute Gasteiger partial charge is 0.491 e. The third-order valence-electron chi connectivity index (χ3n) is 5.66. The van der Waals surface area contributed by atoms with E-state index in [1.165, 1.54) is 6.07 Å². The summed E-state index contributed by atoms with van der Waals surface area (Å²) in [6, 6.07) is 14.9. The lowest BCUT2D eigenvalue weighted by Crippen LogP contribution is -2.43. The SMILES string of the molecule is O=C(OC(O)c1cccc(CN(c2ccc3[nH]ccc3c2)C2CCNCC2)c1)C(F)(F)F. The molecule has 1 aliphatic rings.